The summed E-state index contributed by atoms with van der Waals surface area (Å²) in [5.74, 6) is -0.449. The van der Waals surface area contributed by atoms with Crippen LogP contribution in [0.1, 0.15) is 10.4 Å². The van der Waals surface area contributed by atoms with E-state index in [1.165, 1.54) is 18.2 Å². The molecular formula is C19H14BrClN2O3S. The summed E-state index contributed by atoms with van der Waals surface area (Å²) >= 11 is 9.43. The van der Waals surface area contributed by atoms with Crippen LogP contribution in [0.25, 0.3) is 0 Å². The molecule has 1 amide bonds. The third-order valence-corrected chi connectivity index (χ3v) is 6.19. The quantitative estimate of drug-likeness (QED) is 0.547. The second-order valence-corrected chi connectivity index (χ2v) is 8.46. The summed E-state index contributed by atoms with van der Waals surface area (Å²) in [7, 11) is -3.95. The highest BCUT2D eigenvalue weighted by Gasteiger charge is 2.20. The maximum Gasteiger partial charge on any atom is 0.263 e. The lowest BCUT2D eigenvalue weighted by Gasteiger charge is -2.12. The van der Waals surface area contributed by atoms with Crippen LogP contribution in [0.3, 0.4) is 0 Å². The van der Waals surface area contributed by atoms with Gasteiger partial charge in [0, 0.05) is 15.7 Å². The maximum atomic E-state index is 12.7. The van der Waals surface area contributed by atoms with Crippen molar-refractivity contribution < 1.29 is 13.2 Å². The molecule has 0 spiro atoms. The predicted octanol–water partition coefficient (Wildman–Crippen LogP) is 5.16. The van der Waals surface area contributed by atoms with Crippen molar-refractivity contribution >= 4 is 54.8 Å². The highest BCUT2D eigenvalue weighted by atomic mass is 79.9. The van der Waals surface area contributed by atoms with Crippen LogP contribution < -0.4 is 10.0 Å². The average molecular weight is 466 g/mol. The third kappa shape index (κ3) is 4.68. The van der Waals surface area contributed by atoms with Gasteiger partial charge in [-0.05, 0) is 58.4 Å². The van der Waals surface area contributed by atoms with E-state index < -0.39 is 15.9 Å². The summed E-state index contributed by atoms with van der Waals surface area (Å²) in [5.41, 5.74) is 1.14. The van der Waals surface area contributed by atoms with E-state index in [-0.39, 0.29) is 15.5 Å². The van der Waals surface area contributed by atoms with Gasteiger partial charge in [0.1, 0.15) is 4.90 Å². The summed E-state index contributed by atoms with van der Waals surface area (Å²) in [6.45, 7) is 0. The molecule has 0 bridgehead atoms. The van der Waals surface area contributed by atoms with Gasteiger partial charge in [0.15, 0.2) is 0 Å². The number of amides is 1. The molecule has 3 rings (SSSR count). The number of sulfonamides is 1. The molecule has 0 saturated heterocycles. The molecule has 0 radical (unpaired) electrons. The van der Waals surface area contributed by atoms with Crippen LogP contribution in [0, 0.1) is 0 Å². The van der Waals surface area contributed by atoms with Crippen molar-refractivity contribution in [3.63, 3.8) is 0 Å². The lowest BCUT2D eigenvalue weighted by atomic mass is 10.2. The van der Waals surface area contributed by atoms with E-state index >= 15 is 0 Å². The van der Waals surface area contributed by atoms with E-state index in [1.54, 1.807) is 48.5 Å². The molecule has 3 aromatic rings. The Labute approximate surface area is 170 Å². The minimum Gasteiger partial charge on any atom is -0.321 e. The van der Waals surface area contributed by atoms with Gasteiger partial charge in [0.25, 0.3) is 15.9 Å². The van der Waals surface area contributed by atoms with Crippen molar-refractivity contribution in [1.29, 1.82) is 0 Å². The Balaban J connectivity index is 1.90. The molecule has 0 aromatic heterocycles. The largest absolute Gasteiger partial charge is 0.321 e. The molecule has 0 unspecified atom stereocenters. The number of rotatable bonds is 5. The van der Waals surface area contributed by atoms with E-state index in [0.29, 0.717) is 15.8 Å². The number of carbonyl (C=O) groups is 1. The summed E-state index contributed by atoms with van der Waals surface area (Å²) in [6.07, 6.45) is 0. The van der Waals surface area contributed by atoms with Gasteiger partial charge in [-0.3, -0.25) is 9.52 Å². The Kier molecular flexibility index (Phi) is 5.84. The first-order chi connectivity index (χ1) is 12.9. The molecule has 0 aliphatic heterocycles. The van der Waals surface area contributed by atoms with Crippen LogP contribution in [0.4, 0.5) is 11.4 Å². The SMILES string of the molecule is O=C(Nc1ccccc1Br)c1ccc(Cl)c(S(=O)(=O)Nc2ccccc2)c1. The molecule has 2 N–H and O–H groups in total. The van der Waals surface area contributed by atoms with Crippen LogP contribution in [0.2, 0.25) is 5.02 Å². The first-order valence-corrected chi connectivity index (χ1v) is 10.5. The lowest BCUT2D eigenvalue weighted by Crippen LogP contribution is -2.16. The first-order valence-electron chi connectivity index (χ1n) is 7.80. The molecule has 0 heterocycles. The smallest absolute Gasteiger partial charge is 0.263 e. The molecule has 0 aliphatic rings. The predicted molar refractivity (Wildman–Crippen MR) is 111 cm³/mol. The fourth-order valence-electron chi connectivity index (χ4n) is 2.32. The molecule has 3 aromatic carbocycles. The Morgan fingerprint density at radius 2 is 1.59 bits per heavy atom. The fraction of sp³-hybridized carbons (Fsp3) is 0. The van der Waals surface area contributed by atoms with Crippen LogP contribution in [-0.2, 0) is 10.0 Å². The van der Waals surface area contributed by atoms with Gasteiger partial charge in [0.2, 0.25) is 0 Å². The molecule has 5 nitrogen and oxygen atoms in total. The summed E-state index contributed by atoms with van der Waals surface area (Å²) in [6, 6.07) is 19.7. The second kappa shape index (κ2) is 8.12. The van der Waals surface area contributed by atoms with Crippen LogP contribution in [0.5, 0.6) is 0 Å². The van der Waals surface area contributed by atoms with Crippen LogP contribution >= 0.6 is 27.5 Å². The van der Waals surface area contributed by atoms with Crippen molar-refractivity contribution in [2.45, 2.75) is 4.90 Å². The fourth-order valence-corrected chi connectivity index (χ4v) is 4.29. The number of carbonyl (C=O) groups excluding carboxylic acids is 1. The molecule has 0 saturated carbocycles. The molecule has 27 heavy (non-hydrogen) atoms. The van der Waals surface area contributed by atoms with Crippen molar-refractivity contribution in [1.82, 2.24) is 0 Å². The molecule has 8 heteroatoms. The van der Waals surface area contributed by atoms with Gasteiger partial charge in [-0.25, -0.2) is 8.42 Å². The lowest BCUT2D eigenvalue weighted by molar-refractivity contribution is 0.102. The first kappa shape index (κ1) is 19.4. The number of benzene rings is 3. The number of anilines is 2. The van der Waals surface area contributed by atoms with Crippen molar-refractivity contribution in [3.8, 4) is 0 Å². The number of hydrogen-bond donors (Lipinski definition) is 2. The van der Waals surface area contributed by atoms with Gasteiger partial charge in [-0.2, -0.15) is 0 Å². The zero-order chi connectivity index (χ0) is 19.4. The number of hydrogen-bond acceptors (Lipinski definition) is 3. The van der Waals surface area contributed by atoms with E-state index in [0.717, 1.165) is 0 Å². The van der Waals surface area contributed by atoms with Crippen LogP contribution in [0.15, 0.2) is 82.2 Å². The molecule has 0 atom stereocenters. The highest BCUT2D eigenvalue weighted by molar-refractivity contribution is 9.10. The Morgan fingerprint density at radius 3 is 2.30 bits per heavy atom. The van der Waals surface area contributed by atoms with E-state index in [4.69, 9.17) is 11.6 Å². The van der Waals surface area contributed by atoms with Crippen molar-refractivity contribution in [3.05, 3.63) is 87.9 Å². The van der Waals surface area contributed by atoms with E-state index in [1.807, 2.05) is 6.07 Å². The molecule has 0 aliphatic carbocycles. The summed E-state index contributed by atoms with van der Waals surface area (Å²) in [5, 5.41) is 2.75. The van der Waals surface area contributed by atoms with E-state index in [9.17, 15) is 13.2 Å². The Morgan fingerprint density at radius 1 is 0.926 bits per heavy atom. The maximum absolute atomic E-state index is 12.7. The highest BCUT2D eigenvalue weighted by Crippen LogP contribution is 2.26. The van der Waals surface area contributed by atoms with Crippen molar-refractivity contribution in [2.75, 3.05) is 10.0 Å². The second-order valence-electron chi connectivity index (χ2n) is 5.55. The van der Waals surface area contributed by atoms with E-state index in [2.05, 4.69) is 26.0 Å². The van der Waals surface area contributed by atoms with Gasteiger partial charge in [-0.15, -0.1) is 0 Å². The minimum atomic E-state index is -3.95. The van der Waals surface area contributed by atoms with Gasteiger partial charge in [-0.1, -0.05) is 41.9 Å². The van der Waals surface area contributed by atoms with Gasteiger partial charge < -0.3 is 5.32 Å². The minimum absolute atomic E-state index is 0.0240. The Bertz CT molecular complexity index is 1090. The number of para-hydroxylation sites is 2. The normalized spacial score (nSPS) is 11.0. The molecular weight excluding hydrogens is 452 g/mol. The average Bonchev–Trinajstić information content (AvgIpc) is 2.64. The standard InChI is InChI=1S/C19H14BrClN2O3S/c20-15-8-4-5-9-17(15)22-19(24)13-10-11-16(21)18(12-13)27(25,26)23-14-6-2-1-3-7-14/h1-12,23H,(H,22,24). The third-order valence-electron chi connectivity index (χ3n) is 3.63. The molecule has 138 valence electrons. The Hall–Kier alpha value is -2.35. The van der Waals surface area contributed by atoms with Gasteiger partial charge >= 0.3 is 0 Å². The topological polar surface area (TPSA) is 75.3 Å². The summed E-state index contributed by atoms with van der Waals surface area (Å²) < 4.78 is 28.5. The van der Waals surface area contributed by atoms with Crippen molar-refractivity contribution in [2.24, 2.45) is 0 Å². The number of nitrogens with one attached hydrogen (secondary N) is 2. The number of halogens is 2. The monoisotopic (exact) mass is 464 g/mol. The zero-order valence-corrected chi connectivity index (χ0v) is 17.0. The zero-order valence-electron chi connectivity index (χ0n) is 13.8. The van der Waals surface area contributed by atoms with Gasteiger partial charge in [0.05, 0.1) is 10.7 Å². The summed E-state index contributed by atoms with van der Waals surface area (Å²) in [4.78, 5) is 12.4. The van der Waals surface area contributed by atoms with Crippen LogP contribution in [-0.4, -0.2) is 14.3 Å². The molecule has 0 fully saturated rings.